The van der Waals surface area contributed by atoms with Gasteiger partial charge in [-0.05, 0) is 57.6 Å². The Labute approximate surface area is 202 Å². The molecule has 5 aromatic rings. The molecule has 1 nitrogen and oxygen atoms in total. The number of ether oxygens (including phenoxy) is 1. The maximum atomic E-state index is 15.3. The van der Waals surface area contributed by atoms with Crippen LogP contribution in [0.3, 0.4) is 0 Å². The highest BCUT2D eigenvalue weighted by Crippen LogP contribution is 2.48. The van der Waals surface area contributed by atoms with Gasteiger partial charge < -0.3 is 4.74 Å². The number of halogens is 9. The van der Waals surface area contributed by atoms with Gasteiger partial charge in [0.05, 0.1) is 12.7 Å². The number of rotatable bonds is 3. The highest BCUT2D eigenvalue weighted by atomic mass is 19.2. The molecule has 0 fully saturated rings. The van der Waals surface area contributed by atoms with Gasteiger partial charge in [-0.2, -0.15) is 8.78 Å². The number of methoxy groups -OCH3 is 1. The van der Waals surface area contributed by atoms with Gasteiger partial charge >= 0.3 is 0 Å². The normalized spacial score (nSPS) is 11.5. The van der Waals surface area contributed by atoms with Gasteiger partial charge in [0.25, 0.3) is 0 Å². The lowest BCUT2D eigenvalue weighted by Crippen LogP contribution is -2.05. The minimum atomic E-state index is -1.98. The molecule has 10 heteroatoms. The topological polar surface area (TPSA) is 9.23 Å². The van der Waals surface area contributed by atoms with Crippen molar-refractivity contribution in [1.82, 2.24) is 0 Å². The molecule has 0 radical (unpaired) electrons. The van der Waals surface area contributed by atoms with Crippen molar-refractivity contribution < 1.29 is 44.3 Å². The average molecular weight is 522 g/mol. The van der Waals surface area contributed by atoms with E-state index in [0.717, 1.165) is 25.3 Å². The summed E-state index contributed by atoms with van der Waals surface area (Å²) in [6, 6.07) is 6.83. The maximum absolute atomic E-state index is 15.3. The molecule has 0 atom stereocenters. The molecule has 5 aromatic carbocycles. The van der Waals surface area contributed by atoms with Crippen LogP contribution in [0.4, 0.5) is 39.5 Å². The summed E-state index contributed by atoms with van der Waals surface area (Å²) in [6.07, 6.45) is 0. The lowest BCUT2D eigenvalue weighted by atomic mass is 9.85. The number of benzene rings is 5. The van der Waals surface area contributed by atoms with Crippen molar-refractivity contribution in [3.05, 3.63) is 101 Å². The van der Waals surface area contributed by atoms with Crippen LogP contribution in [0.2, 0.25) is 0 Å². The largest absolute Gasteiger partial charge is 0.491 e. The van der Waals surface area contributed by atoms with Crippen molar-refractivity contribution in [2.45, 2.75) is 0 Å². The molecule has 37 heavy (non-hydrogen) atoms. The van der Waals surface area contributed by atoms with Crippen LogP contribution in [0.25, 0.3) is 43.8 Å². The fraction of sp³-hybridized carbons (Fsp3) is 0.0370. The monoisotopic (exact) mass is 522 g/mol. The molecule has 0 amide bonds. The van der Waals surface area contributed by atoms with Crippen LogP contribution in [0.5, 0.6) is 5.75 Å². The summed E-state index contributed by atoms with van der Waals surface area (Å²) in [5.41, 5.74) is -2.51. The number of hydrogen-bond donors (Lipinski definition) is 0. The molecule has 0 aromatic heterocycles. The Kier molecular flexibility index (Phi) is 5.77. The van der Waals surface area contributed by atoms with E-state index in [0.29, 0.717) is 18.2 Å². The molecule has 0 aliphatic carbocycles. The first-order valence-corrected chi connectivity index (χ1v) is 10.4. The molecular weight excluding hydrogens is 511 g/mol. The first-order valence-electron chi connectivity index (χ1n) is 10.4. The van der Waals surface area contributed by atoms with E-state index in [-0.39, 0.29) is 21.9 Å². The first kappa shape index (κ1) is 24.5. The molecule has 5 rings (SSSR count). The molecule has 0 heterocycles. The summed E-state index contributed by atoms with van der Waals surface area (Å²) in [4.78, 5) is 0. The predicted octanol–water partition coefficient (Wildman–Crippen LogP) is 8.59. The second-order valence-corrected chi connectivity index (χ2v) is 8.02. The van der Waals surface area contributed by atoms with Gasteiger partial charge in [0.1, 0.15) is 5.82 Å². The van der Waals surface area contributed by atoms with Crippen LogP contribution >= 0.6 is 0 Å². The van der Waals surface area contributed by atoms with Crippen molar-refractivity contribution in [2.24, 2.45) is 0 Å². The van der Waals surface area contributed by atoms with Crippen LogP contribution in [0.15, 0.2) is 48.5 Å². The lowest BCUT2D eigenvalue weighted by molar-refractivity contribution is 0.334. The average Bonchev–Trinajstić information content (AvgIpc) is 2.86. The Morgan fingerprint density at radius 2 is 1.05 bits per heavy atom. The Hall–Kier alpha value is -4.21. The highest BCUT2D eigenvalue weighted by Gasteiger charge is 2.31. The minimum absolute atomic E-state index is 0.120. The molecule has 0 aliphatic heterocycles. The zero-order valence-corrected chi connectivity index (χ0v) is 18.4. The number of fused-ring (bicyclic) bond motifs is 2. The number of hydrogen-bond acceptors (Lipinski definition) is 1. The molecule has 0 bridgehead atoms. The summed E-state index contributed by atoms with van der Waals surface area (Å²) < 4.78 is 136. The van der Waals surface area contributed by atoms with Crippen LogP contribution < -0.4 is 4.74 Å². The highest BCUT2D eigenvalue weighted by molar-refractivity contribution is 6.21. The molecule has 0 saturated carbocycles. The SMILES string of the molecule is COc1c(F)c(F)c(-c2c3cc(F)c(F)cc3c(-c3ccc(F)c(F)c3)c3cccc(F)c23)c(F)c1F. The van der Waals surface area contributed by atoms with Gasteiger partial charge in [-0.1, -0.05) is 18.2 Å². The third-order valence-electron chi connectivity index (χ3n) is 6.02. The smallest absolute Gasteiger partial charge is 0.204 e. The van der Waals surface area contributed by atoms with Crippen LogP contribution in [-0.4, -0.2) is 7.11 Å². The van der Waals surface area contributed by atoms with Crippen LogP contribution in [-0.2, 0) is 0 Å². The second kappa shape index (κ2) is 8.72. The van der Waals surface area contributed by atoms with E-state index >= 15 is 13.2 Å². The molecule has 188 valence electrons. The molecule has 0 unspecified atom stereocenters. The summed E-state index contributed by atoms with van der Waals surface area (Å²) in [6.45, 7) is 0. The van der Waals surface area contributed by atoms with E-state index in [9.17, 15) is 26.3 Å². The van der Waals surface area contributed by atoms with Gasteiger partial charge in [-0.15, -0.1) is 0 Å². The van der Waals surface area contributed by atoms with Crippen molar-refractivity contribution in [3.8, 4) is 28.0 Å². The van der Waals surface area contributed by atoms with Gasteiger partial charge in [-0.25, -0.2) is 30.7 Å². The fourth-order valence-electron chi connectivity index (χ4n) is 4.46. The van der Waals surface area contributed by atoms with Crippen molar-refractivity contribution >= 4 is 21.5 Å². The third kappa shape index (κ3) is 3.58. The Balaban J connectivity index is 2.10. The van der Waals surface area contributed by atoms with Gasteiger partial charge in [0, 0.05) is 10.9 Å². The van der Waals surface area contributed by atoms with Gasteiger partial charge in [0.2, 0.25) is 11.6 Å². The second-order valence-electron chi connectivity index (χ2n) is 8.02. The Morgan fingerprint density at radius 3 is 1.62 bits per heavy atom. The standard InChI is InChI=1S/C27H11F9O/c1-37-27-25(35)23(33)22(24(34)26(27)36)21-13-9-18(32)17(31)8-12(13)19(10-5-6-14(28)16(30)7-10)11-3-2-4-15(29)20(11)21/h2-9H,1H3. The Bertz CT molecular complexity index is 1730. The Morgan fingerprint density at radius 1 is 0.486 bits per heavy atom. The van der Waals surface area contributed by atoms with Gasteiger partial charge in [-0.3, -0.25) is 0 Å². The summed E-state index contributed by atoms with van der Waals surface area (Å²) >= 11 is 0. The molecule has 0 spiro atoms. The summed E-state index contributed by atoms with van der Waals surface area (Å²) in [7, 11) is 0.763. The molecular formula is C27H11F9O. The predicted molar refractivity (Wildman–Crippen MR) is 119 cm³/mol. The van der Waals surface area contributed by atoms with Crippen LogP contribution in [0.1, 0.15) is 0 Å². The fourth-order valence-corrected chi connectivity index (χ4v) is 4.46. The van der Waals surface area contributed by atoms with E-state index in [2.05, 4.69) is 4.74 Å². The minimum Gasteiger partial charge on any atom is -0.491 e. The van der Waals surface area contributed by atoms with Crippen LogP contribution in [0, 0.1) is 52.4 Å². The summed E-state index contributed by atoms with van der Waals surface area (Å²) in [5.74, 6) is -15.9. The third-order valence-corrected chi connectivity index (χ3v) is 6.02. The van der Waals surface area contributed by atoms with E-state index in [1.54, 1.807) is 0 Å². The zero-order valence-electron chi connectivity index (χ0n) is 18.4. The molecule has 0 N–H and O–H groups in total. The van der Waals surface area contributed by atoms with Crippen molar-refractivity contribution in [3.63, 3.8) is 0 Å². The van der Waals surface area contributed by atoms with Gasteiger partial charge in [0.15, 0.2) is 40.7 Å². The van der Waals surface area contributed by atoms with E-state index in [1.165, 1.54) is 12.1 Å². The molecule has 0 saturated heterocycles. The first-order chi connectivity index (χ1) is 17.6. The van der Waals surface area contributed by atoms with E-state index in [1.807, 2.05) is 0 Å². The molecule has 0 aliphatic rings. The zero-order chi connectivity index (χ0) is 26.8. The lowest BCUT2D eigenvalue weighted by Gasteiger charge is -2.20. The van der Waals surface area contributed by atoms with E-state index in [4.69, 9.17) is 0 Å². The maximum Gasteiger partial charge on any atom is 0.204 e. The summed E-state index contributed by atoms with van der Waals surface area (Å²) in [5, 5.41) is -1.73. The van der Waals surface area contributed by atoms with Crippen molar-refractivity contribution in [1.29, 1.82) is 0 Å². The van der Waals surface area contributed by atoms with E-state index < -0.39 is 80.0 Å². The van der Waals surface area contributed by atoms with Crippen molar-refractivity contribution in [2.75, 3.05) is 7.11 Å². The quantitative estimate of drug-likeness (QED) is 0.131.